The maximum atomic E-state index is 13.4. The number of methoxy groups -OCH3 is 2. The van der Waals surface area contributed by atoms with Gasteiger partial charge in [-0.05, 0) is 36.6 Å². The molecule has 8 nitrogen and oxygen atoms in total. The molecule has 1 aromatic heterocycles. The van der Waals surface area contributed by atoms with Crippen molar-refractivity contribution in [1.82, 2.24) is 10.2 Å². The van der Waals surface area contributed by atoms with E-state index in [4.69, 9.17) is 15.2 Å². The molecule has 5 rings (SSSR count). The molecule has 0 saturated carbocycles. The normalized spacial score (nSPS) is 17.8. The quantitative estimate of drug-likeness (QED) is 0.571. The van der Waals surface area contributed by atoms with Gasteiger partial charge in [-0.2, -0.15) is 10.4 Å². The smallest absolute Gasteiger partial charge is 0.161 e. The third kappa shape index (κ3) is 3.71. The molecule has 0 radical (unpaired) electrons. The molecule has 0 spiro atoms. The summed E-state index contributed by atoms with van der Waals surface area (Å²) in [6, 6.07) is 19.3. The van der Waals surface area contributed by atoms with Crippen LogP contribution in [0.15, 0.2) is 77.3 Å². The van der Waals surface area contributed by atoms with E-state index in [9.17, 15) is 10.1 Å². The molecule has 3 aromatic rings. The van der Waals surface area contributed by atoms with Crippen LogP contribution in [0, 0.1) is 11.3 Å². The Balaban J connectivity index is 1.70. The minimum absolute atomic E-state index is 0.00908. The van der Waals surface area contributed by atoms with Gasteiger partial charge in [0, 0.05) is 29.3 Å². The number of hydrogen-bond acceptors (Lipinski definition) is 7. The SMILES string of the molecule is COc1ccc(OC)c([C@H]2C(C#N)=C(N)N(c3cc(-c4ccccc4)[nH]n3)C3=C2C(=O)CCC3)c1. The summed E-state index contributed by atoms with van der Waals surface area (Å²) in [5, 5.41) is 17.8. The van der Waals surface area contributed by atoms with E-state index in [0.717, 1.165) is 17.0 Å². The average Bonchev–Trinajstić information content (AvgIpc) is 3.38. The lowest BCUT2D eigenvalue weighted by Crippen LogP contribution is -2.39. The highest BCUT2D eigenvalue weighted by atomic mass is 16.5. The average molecular weight is 468 g/mol. The van der Waals surface area contributed by atoms with Gasteiger partial charge in [0.15, 0.2) is 11.6 Å². The highest BCUT2D eigenvalue weighted by molar-refractivity contribution is 6.01. The first kappa shape index (κ1) is 22.3. The summed E-state index contributed by atoms with van der Waals surface area (Å²) in [6.07, 6.45) is 1.74. The Morgan fingerprint density at radius 1 is 1.11 bits per heavy atom. The van der Waals surface area contributed by atoms with Gasteiger partial charge in [-0.3, -0.25) is 14.8 Å². The second-order valence-corrected chi connectivity index (χ2v) is 8.43. The molecular weight excluding hydrogens is 442 g/mol. The number of Topliss-reactive ketones (excluding diaryl/α,β-unsaturated/α-hetero) is 1. The number of nitrogens with two attached hydrogens (primary N) is 1. The third-order valence-electron chi connectivity index (χ3n) is 6.54. The van der Waals surface area contributed by atoms with Crippen LogP contribution in [-0.2, 0) is 4.79 Å². The van der Waals surface area contributed by atoms with Crippen molar-refractivity contribution in [1.29, 1.82) is 5.26 Å². The summed E-state index contributed by atoms with van der Waals surface area (Å²) in [7, 11) is 3.13. The zero-order valence-corrected chi connectivity index (χ0v) is 19.5. The molecule has 0 bridgehead atoms. The van der Waals surface area contributed by atoms with E-state index in [1.807, 2.05) is 36.4 Å². The van der Waals surface area contributed by atoms with Crippen molar-refractivity contribution in [3.05, 3.63) is 82.8 Å². The van der Waals surface area contributed by atoms with Gasteiger partial charge < -0.3 is 15.2 Å². The van der Waals surface area contributed by atoms with Crippen molar-refractivity contribution in [3.8, 4) is 28.8 Å². The molecule has 1 atom stereocenters. The van der Waals surface area contributed by atoms with Crippen LogP contribution in [0.3, 0.4) is 0 Å². The van der Waals surface area contributed by atoms with E-state index < -0.39 is 5.92 Å². The number of nitrogens with zero attached hydrogens (tertiary/aromatic N) is 3. The molecule has 8 heteroatoms. The van der Waals surface area contributed by atoms with Gasteiger partial charge in [-0.1, -0.05) is 30.3 Å². The molecule has 0 amide bonds. The van der Waals surface area contributed by atoms with Crippen molar-refractivity contribution in [2.45, 2.75) is 25.2 Å². The van der Waals surface area contributed by atoms with Gasteiger partial charge in [0.25, 0.3) is 0 Å². The van der Waals surface area contributed by atoms with Gasteiger partial charge in [0.1, 0.15) is 17.3 Å². The maximum absolute atomic E-state index is 13.4. The first-order valence-electron chi connectivity index (χ1n) is 11.4. The van der Waals surface area contributed by atoms with Crippen LogP contribution in [0.2, 0.25) is 0 Å². The molecule has 176 valence electrons. The molecule has 0 fully saturated rings. The summed E-state index contributed by atoms with van der Waals surface area (Å²) >= 11 is 0. The second kappa shape index (κ2) is 9.03. The zero-order valence-electron chi connectivity index (χ0n) is 19.5. The van der Waals surface area contributed by atoms with Crippen LogP contribution in [0.4, 0.5) is 5.82 Å². The number of ketones is 1. The fourth-order valence-corrected chi connectivity index (χ4v) is 4.92. The Labute approximate surface area is 203 Å². The predicted octanol–water partition coefficient (Wildman–Crippen LogP) is 4.40. The van der Waals surface area contributed by atoms with Crippen molar-refractivity contribution in [2.75, 3.05) is 19.1 Å². The number of carbonyl (C=O) groups is 1. The predicted molar refractivity (Wildman–Crippen MR) is 132 cm³/mol. The van der Waals surface area contributed by atoms with E-state index in [0.29, 0.717) is 47.7 Å². The number of ether oxygens (including phenoxy) is 2. The Morgan fingerprint density at radius 3 is 2.63 bits per heavy atom. The van der Waals surface area contributed by atoms with E-state index in [1.165, 1.54) is 0 Å². The zero-order chi connectivity index (χ0) is 24.5. The molecule has 35 heavy (non-hydrogen) atoms. The second-order valence-electron chi connectivity index (χ2n) is 8.43. The van der Waals surface area contributed by atoms with Gasteiger partial charge in [0.2, 0.25) is 0 Å². The highest BCUT2D eigenvalue weighted by Gasteiger charge is 2.42. The summed E-state index contributed by atoms with van der Waals surface area (Å²) in [5.41, 5.74) is 10.7. The van der Waals surface area contributed by atoms with Crippen molar-refractivity contribution in [2.24, 2.45) is 5.73 Å². The van der Waals surface area contributed by atoms with Gasteiger partial charge in [-0.25, -0.2) is 0 Å². The highest BCUT2D eigenvalue weighted by Crippen LogP contribution is 2.48. The van der Waals surface area contributed by atoms with Gasteiger partial charge in [0.05, 0.1) is 37.5 Å². The standard InChI is InChI=1S/C27H25N5O3/c1-34-17-11-12-23(35-2)18(13-17)25-19(15-28)27(29)32(21-9-6-10-22(33)26(21)25)24-14-20(30-31-24)16-7-4-3-5-8-16/h3-5,7-8,11-14,25H,6,9-10,29H2,1-2H3,(H,30,31)/t25-/m0/s1. The molecule has 2 aromatic carbocycles. The lowest BCUT2D eigenvalue weighted by atomic mass is 9.75. The van der Waals surface area contributed by atoms with Crippen LogP contribution in [0.25, 0.3) is 11.3 Å². The molecule has 3 N–H and O–H groups in total. The number of anilines is 1. The molecular formula is C27H25N5O3. The number of hydrogen-bond donors (Lipinski definition) is 2. The minimum Gasteiger partial charge on any atom is -0.497 e. The Bertz CT molecular complexity index is 1400. The molecule has 2 heterocycles. The van der Waals surface area contributed by atoms with Gasteiger partial charge in [-0.15, -0.1) is 0 Å². The fraction of sp³-hybridized carbons (Fsp3) is 0.222. The Morgan fingerprint density at radius 2 is 1.91 bits per heavy atom. The first-order valence-corrected chi connectivity index (χ1v) is 11.4. The Hall–Kier alpha value is -4.51. The number of nitrogens with one attached hydrogen (secondary N) is 1. The molecule has 0 unspecified atom stereocenters. The summed E-state index contributed by atoms with van der Waals surface area (Å²) < 4.78 is 11.0. The first-order chi connectivity index (χ1) is 17.1. The van der Waals surface area contributed by atoms with Crippen LogP contribution in [0.1, 0.15) is 30.7 Å². The van der Waals surface area contributed by atoms with Crippen LogP contribution < -0.4 is 20.1 Å². The Kier molecular flexibility index (Phi) is 5.75. The summed E-state index contributed by atoms with van der Waals surface area (Å²) in [5.74, 6) is 1.28. The number of carbonyl (C=O) groups excluding carboxylic acids is 1. The third-order valence-corrected chi connectivity index (χ3v) is 6.54. The minimum atomic E-state index is -0.656. The van der Waals surface area contributed by atoms with Gasteiger partial charge >= 0.3 is 0 Å². The van der Waals surface area contributed by atoms with E-state index in [1.54, 1.807) is 37.3 Å². The van der Waals surface area contributed by atoms with E-state index >= 15 is 0 Å². The number of H-pyrrole nitrogens is 1. The monoisotopic (exact) mass is 467 g/mol. The number of nitriles is 1. The lowest BCUT2D eigenvalue weighted by Gasteiger charge is -2.38. The van der Waals surface area contributed by atoms with Crippen LogP contribution in [0.5, 0.6) is 11.5 Å². The lowest BCUT2D eigenvalue weighted by molar-refractivity contribution is -0.116. The van der Waals surface area contributed by atoms with Crippen molar-refractivity contribution < 1.29 is 14.3 Å². The number of aromatic nitrogens is 2. The maximum Gasteiger partial charge on any atom is 0.161 e. The number of allylic oxidation sites excluding steroid dienone is 3. The van der Waals surface area contributed by atoms with Crippen molar-refractivity contribution >= 4 is 11.6 Å². The number of benzene rings is 2. The molecule has 0 saturated heterocycles. The van der Waals surface area contributed by atoms with Crippen LogP contribution in [-0.4, -0.2) is 30.2 Å². The molecule has 1 aliphatic carbocycles. The fourth-order valence-electron chi connectivity index (χ4n) is 4.92. The summed E-state index contributed by atoms with van der Waals surface area (Å²) in [4.78, 5) is 15.1. The topological polar surface area (TPSA) is 117 Å². The molecule has 1 aliphatic heterocycles. The molecule has 2 aliphatic rings. The summed E-state index contributed by atoms with van der Waals surface area (Å²) in [6.45, 7) is 0. The number of aromatic amines is 1. The van der Waals surface area contributed by atoms with Crippen LogP contribution >= 0.6 is 0 Å². The van der Waals surface area contributed by atoms with Crippen molar-refractivity contribution in [3.63, 3.8) is 0 Å². The van der Waals surface area contributed by atoms with E-state index in [2.05, 4.69) is 16.3 Å². The van der Waals surface area contributed by atoms with E-state index in [-0.39, 0.29) is 17.2 Å². The number of rotatable bonds is 5. The largest absolute Gasteiger partial charge is 0.497 e.